The Balaban J connectivity index is 1.47. The van der Waals surface area contributed by atoms with Crippen molar-refractivity contribution in [3.63, 3.8) is 0 Å². The summed E-state index contributed by atoms with van der Waals surface area (Å²) in [7, 11) is 0. The summed E-state index contributed by atoms with van der Waals surface area (Å²) >= 11 is 0. The average Bonchev–Trinajstić information content (AvgIpc) is 3.04. The van der Waals surface area contributed by atoms with Gasteiger partial charge < -0.3 is 14.2 Å². The zero-order chi connectivity index (χ0) is 18.9. The highest BCUT2D eigenvalue weighted by molar-refractivity contribution is 5.79. The van der Waals surface area contributed by atoms with Crippen molar-refractivity contribution < 1.29 is 14.1 Å². The van der Waals surface area contributed by atoms with Crippen LogP contribution >= 0.6 is 0 Å². The molecular formula is C21H27N3O3. The molecule has 2 aliphatic heterocycles. The van der Waals surface area contributed by atoms with Gasteiger partial charge in [0, 0.05) is 43.6 Å². The lowest BCUT2D eigenvalue weighted by atomic mass is 9.87. The minimum atomic E-state index is -0.138. The molecule has 1 aromatic carbocycles. The Bertz CT molecular complexity index is 785. The predicted octanol–water partition coefficient (Wildman–Crippen LogP) is 2.54. The molecule has 0 N–H and O–H groups in total. The molecule has 27 heavy (non-hydrogen) atoms. The number of hydrogen-bond acceptors (Lipinski definition) is 5. The van der Waals surface area contributed by atoms with Crippen LogP contribution in [0.4, 0.5) is 0 Å². The molecule has 0 aliphatic carbocycles. The number of aryl methyl sites for hydroxylation is 2. The van der Waals surface area contributed by atoms with Crippen LogP contribution in [-0.2, 0) is 22.6 Å². The molecule has 6 nitrogen and oxygen atoms in total. The number of aromatic nitrogens is 1. The third-order valence-electron chi connectivity index (χ3n) is 5.70. The Labute approximate surface area is 160 Å². The first kappa shape index (κ1) is 18.2. The van der Waals surface area contributed by atoms with Crippen LogP contribution in [0.15, 0.2) is 34.9 Å². The number of rotatable bonds is 4. The molecule has 4 rings (SSSR count). The molecule has 1 aromatic heterocycles. The maximum absolute atomic E-state index is 12.8. The molecule has 144 valence electrons. The molecule has 0 radical (unpaired) electrons. The Morgan fingerprint density at radius 1 is 1.15 bits per heavy atom. The molecule has 0 bridgehead atoms. The minimum Gasteiger partial charge on any atom is -0.379 e. The summed E-state index contributed by atoms with van der Waals surface area (Å²) in [5.74, 6) is 0.990. The van der Waals surface area contributed by atoms with Gasteiger partial charge in [0.2, 0.25) is 5.91 Å². The van der Waals surface area contributed by atoms with Crippen molar-refractivity contribution in [1.29, 1.82) is 0 Å². The molecule has 3 heterocycles. The fourth-order valence-electron chi connectivity index (χ4n) is 4.30. The van der Waals surface area contributed by atoms with Crippen LogP contribution in [-0.4, -0.2) is 53.7 Å². The van der Waals surface area contributed by atoms with Gasteiger partial charge >= 0.3 is 0 Å². The van der Waals surface area contributed by atoms with Gasteiger partial charge in [0.1, 0.15) is 5.76 Å². The van der Waals surface area contributed by atoms with E-state index in [1.54, 1.807) is 0 Å². The Morgan fingerprint density at radius 3 is 2.70 bits per heavy atom. The van der Waals surface area contributed by atoms with Crippen molar-refractivity contribution in [3.8, 4) is 0 Å². The van der Waals surface area contributed by atoms with Crippen molar-refractivity contribution in [2.45, 2.75) is 33.4 Å². The smallest absolute Gasteiger partial charge is 0.223 e. The fraction of sp³-hybridized carbons (Fsp3) is 0.524. The largest absolute Gasteiger partial charge is 0.379 e. The normalized spacial score (nSPS) is 23.9. The van der Waals surface area contributed by atoms with Crippen LogP contribution in [0.5, 0.6) is 0 Å². The zero-order valence-corrected chi connectivity index (χ0v) is 16.1. The molecule has 1 amide bonds. The summed E-state index contributed by atoms with van der Waals surface area (Å²) < 4.78 is 11.2. The zero-order valence-electron chi connectivity index (χ0n) is 16.1. The summed E-state index contributed by atoms with van der Waals surface area (Å²) in [4.78, 5) is 17.1. The van der Waals surface area contributed by atoms with Crippen LogP contribution in [0.25, 0.3) is 0 Å². The molecule has 1 atom stereocenters. The van der Waals surface area contributed by atoms with Crippen LogP contribution in [0.3, 0.4) is 0 Å². The first-order chi connectivity index (χ1) is 13.0. The molecule has 2 fully saturated rings. The van der Waals surface area contributed by atoms with E-state index in [1.165, 1.54) is 5.56 Å². The van der Waals surface area contributed by atoms with Gasteiger partial charge in [-0.15, -0.1) is 0 Å². The van der Waals surface area contributed by atoms with Crippen LogP contribution in [0.2, 0.25) is 0 Å². The highest BCUT2D eigenvalue weighted by atomic mass is 16.5. The number of amides is 1. The number of likely N-dealkylation sites (tertiary alicyclic amines) is 1. The maximum atomic E-state index is 12.8. The molecule has 2 aliphatic rings. The van der Waals surface area contributed by atoms with E-state index < -0.39 is 0 Å². The highest BCUT2D eigenvalue weighted by Crippen LogP contribution is 2.36. The van der Waals surface area contributed by atoms with E-state index in [2.05, 4.69) is 34.3 Å². The lowest BCUT2D eigenvalue weighted by Gasteiger charge is -2.31. The summed E-state index contributed by atoms with van der Waals surface area (Å²) in [6.45, 7) is 9.15. The third kappa shape index (κ3) is 3.92. The van der Waals surface area contributed by atoms with Crippen molar-refractivity contribution in [1.82, 2.24) is 15.0 Å². The highest BCUT2D eigenvalue weighted by Gasteiger charge is 2.45. The molecule has 0 unspecified atom stereocenters. The molecule has 6 heteroatoms. The lowest BCUT2D eigenvalue weighted by molar-refractivity contribution is -0.128. The number of ether oxygens (including phenoxy) is 1. The standard InChI is InChI=1S/C21H27N3O3/c1-16-19(17(2)27-22-16)12-24-14-21(10-20(24)25)13-23(8-9-26-15-21)11-18-6-4-3-5-7-18/h3-7H,8-15H2,1-2H3/t21-/m0/s1. The van der Waals surface area contributed by atoms with Gasteiger partial charge in [-0.1, -0.05) is 35.5 Å². The van der Waals surface area contributed by atoms with Gasteiger partial charge in [0.05, 0.1) is 25.5 Å². The van der Waals surface area contributed by atoms with E-state index in [9.17, 15) is 4.79 Å². The summed E-state index contributed by atoms with van der Waals surface area (Å²) in [6.07, 6.45) is 0.543. The summed E-state index contributed by atoms with van der Waals surface area (Å²) in [5, 5.41) is 4.02. The van der Waals surface area contributed by atoms with Gasteiger partial charge in [0.25, 0.3) is 0 Å². The number of benzene rings is 1. The number of carbonyl (C=O) groups is 1. The van der Waals surface area contributed by atoms with Crippen LogP contribution in [0, 0.1) is 19.3 Å². The third-order valence-corrected chi connectivity index (χ3v) is 5.70. The number of nitrogens with zero attached hydrogens (tertiary/aromatic N) is 3. The van der Waals surface area contributed by atoms with E-state index in [0.29, 0.717) is 26.2 Å². The van der Waals surface area contributed by atoms with Crippen LogP contribution < -0.4 is 0 Å². The fourth-order valence-corrected chi connectivity index (χ4v) is 4.30. The average molecular weight is 369 g/mol. The first-order valence-electron chi connectivity index (χ1n) is 9.58. The van der Waals surface area contributed by atoms with Crippen molar-refractivity contribution >= 4 is 5.91 Å². The van der Waals surface area contributed by atoms with Crippen molar-refractivity contribution in [3.05, 3.63) is 52.9 Å². The topological polar surface area (TPSA) is 58.8 Å². The SMILES string of the molecule is Cc1noc(C)c1CN1C[C@]2(COCCN(Cc3ccccc3)C2)CC1=O. The van der Waals surface area contributed by atoms with Crippen molar-refractivity contribution in [2.75, 3.05) is 32.8 Å². The van der Waals surface area contributed by atoms with Gasteiger partial charge in [-0.3, -0.25) is 9.69 Å². The Kier molecular flexibility index (Phi) is 5.02. The second kappa shape index (κ2) is 7.44. The van der Waals surface area contributed by atoms with Gasteiger partial charge in [-0.05, 0) is 19.4 Å². The van der Waals surface area contributed by atoms with E-state index in [-0.39, 0.29) is 11.3 Å². The second-order valence-corrected chi connectivity index (χ2v) is 7.98. The quantitative estimate of drug-likeness (QED) is 0.829. The van der Waals surface area contributed by atoms with E-state index >= 15 is 0 Å². The van der Waals surface area contributed by atoms with E-state index in [0.717, 1.165) is 43.2 Å². The summed E-state index contributed by atoms with van der Waals surface area (Å²) in [5.41, 5.74) is 3.05. The van der Waals surface area contributed by atoms with Gasteiger partial charge in [0.15, 0.2) is 0 Å². The number of hydrogen-bond donors (Lipinski definition) is 0. The molecular weight excluding hydrogens is 342 g/mol. The van der Waals surface area contributed by atoms with Crippen LogP contribution in [0.1, 0.15) is 29.0 Å². The van der Waals surface area contributed by atoms with Crippen molar-refractivity contribution in [2.24, 2.45) is 5.41 Å². The Morgan fingerprint density at radius 2 is 1.96 bits per heavy atom. The lowest BCUT2D eigenvalue weighted by Crippen LogP contribution is -2.40. The second-order valence-electron chi connectivity index (χ2n) is 7.98. The van der Waals surface area contributed by atoms with E-state index in [1.807, 2.05) is 24.8 Å². The number of carbonyl (C=O) groups excluding carboxylic acids is 1. The Hall–Kier alpha value is -2.18. The monoisotopic (exact) mass is 369 g/mol. The molecule has 2 saturated heterocycles. The molecule has 2 aromatic rings. The van der Waals surface area contributed by atoms with Gasteiger partial charge in [-0.2, -0.15) is 0 Å². The summed E-state index contributed by atoms with van der Waals surface area (Å²) in [6, 6.07) is 10.5. The maximum Gasteiger partial charge on any atom is 0.223 e. The minimum absolute atomic E-state index is 0.138. The molecule has 1 spiro atoms. The predicted molar refractivity (Wildman–Crippen MR) is 101 cm³/mol. The van der Waals surface area contributed by atoms with E-state index in [4.69, 9.17) is 9.26 Å². The molecule has 0 saturated carbocycles. The first-order valence-corrected chi connectivity index (χ1v) is 9.58. The van der Waals surface area contributed by atoms with Gasteiger partial charge in [-0.25, -0.2) is 0 Å².